The van der Waals surface area contributed by atoms with E-state index in [1.54, 1.807) is 43.8 Å². The van der Waals surface area contributed by atoms with Crippen LogP contribution in [0.1, 0.15) is 13.8 Å². The van der Waals surface area contributed by atoms with Crippen molar-refractivity contribution in [2.75, 3.05) is 12.4 Å². The first kappa shape index (κ1) is 15.7. The molecule has 0 unspecified atom stereocenters. The van der Waals surface area contributed by atoms with Gasteiger partial charge in [0.2, 0.25) is 0 Å². The standard InChI is InChI=1S/C16H17N5O3/c1-10(2)23-11-6-7-17-13(8-11)15-20-21-16(24-15)19-14-5-4-12(22-3)9-18-14/h4-10H,1-3H3,(H,18,19,21). The van der Waals surface area contributed by atoms with E-state index in [-0.39, 0.29) is 12.1 Å². The molecule has 3 aromatic heterocycles. The van der Waals surface area contributed by atoms with Gasteiger partial charge in [-0.05, 0) is 32.0 Å². The molecular formula is C16H17N5O3. The van der Waals surface area contributed by atoms with Gasteiger partial charge in [-0.3, -0.25) is 10.3 Å². The summed E-state index contributed by atoms with van der Waals surface area (Å²) < 4.78 is 16.3. The fraction of sp³-hybridized carbons (Fsp3) is 0.250. The molecule has 0 atom stereocenters. The van der Waals surface area contributed by atoms with E-state index >= 15 is 0 Å². The number of aromatic nitrogens is 4. The molecule has 0 spiro atoms. The third-order valence-electron chi connectivity index (χ3n) is 2.95. The number of hydrogen-bond donors (Lipinski definition) is 1. The molecular weight excluding hydrogens is 310 g/mol. The third kappa shape index (κ3) is 3.78. The molecule has 0 bridgehead atoms. The van der Waals surface area contributed by atoms with Gasteiger partial charge in [0.25, 0.3) is 5.89 Å². The molecule has 0 amide bonds. The molecule has 1 N–H and O–H groups in total. The Morgan fingerprint density at radius 1 is 1.08 bits per heavy atom. The van der Waals surface area contributed by atoms with Crippen molar-refractivity contribution in [3.8, 4) is 23.1 Å². The SMILES string of the molecule is COc1ccc(Nc2nnc(-c3cc(OC(C)C)ccn3)o2)nc1. The van der Waals surface area contributed by atoms with E-state index in [4.69, 9.17) is 13.9 Å². The molecule has 124 valence electrons. The fourth-order valence-corrected chi connectivity index (χ4v) is 1.94. The van der Waals surface area contributed by atoms with Crippen LogP contribution in [0.25, 0.3) is 11.6 Å². The summed E-state index contributed by atoms with van der Waals surface area (Å²) in [5.41, 5.74) is 0.538. The van der Waals surface area contributed by atoms with Crippen molar-refractivity contribution in [1.82, 2.24) is 20.2 Å². The molecule has 0 radical (unpaired) electrons. The normalized spacial score (nSPS) is 10.7. The zero-order valence-electron chi connectivity index (χ0n) is 13.6. The predicted molar refractivity (Wildman–Crippen MR) is 87.4 cm³/mol. The number of hydrogen-bond acceptors (Lipinski definition) is 8. The van der Waals surface area contributed by atoms with E-state index in [2.05, 4.69) is 25.5 Å². The van der Waals surface area contributed by atoms with Crippen molar-refractivity contribution in [3.63, 3.8) is 0 Å². The first-order valence-electron chi connectivity index (χ1n) is 7.37. The largest absolute Gasteiger partial charge is 0.495 e. The Morgan fingerprint density at radius 2 is 1.96 bits per heavy atom. The van der Waals surface area contributed by atoms with Crippen LogP contribution >= 0.6 is 0 Å². The lowest BCUT2D eigenvalue weighted by Gasteiger charge is -2.09. The zero-order valence-corrected chi connectivity index (χ0v) is 13.6. The molecule has 3 rings (SSSR count). The van der Waals surface area contributed by atoms with Crippen LogP contribution in [0, 0.1) is 0 Å². The summed E-state index contributed by atoms with van der Waals surface area (Å²) in [6.45, 7) is 3.91. The molecule has 0 aliphatic heterocycles. The first-order chi connectivity index (χ1) is 11.6. The van der Waals surface area contributed by atoms with Gasteiger partial charge in [0.1, 0.15) is 23.0 Å². The molecule has 0 aromatic carbocycles. The van der Waals surface area contributed by atoms with Crippen molar-refractivity contribution in [2.24, 2.45) is 0 Å². The number of ether oxygens (including phenoxy) is 2. The highest BCUT2D eigenvalue weighted by molar-refractivity contribution is 5.52. The molecule has 8 nitrogen and oxygen atoms in total. The second-order valence-corrected chi connectivity index (χ2v) is 5.16. The summed E-state index contributed by atoms with van der Waals surface area (Å²) in [6, 6.07) is 7.28. The van der Waals surface area contributed by atoms with Crippen molar-refractivity contribution in [3.05, 3.63) is 36.7 Å². The zero-order chi connectivity index (χ0) is 16.9. The van der Waals surface area contributed by atoms with Gasteiger partial charge < -0.3 is 13.9 Å². The molecule has 0 aliphatic carbocycles. The number of pyridine rings is 2. The van der Waals surface area contributed by atoms with Crippen LogP contribution in [0.15, 0.2) is 41.1 Å². The van der Waals surface area contributed by atoms with Gasteiger partial charge in [-0.15, -0.1) is 5.10 Å². The van der Waals surface area contributed by atoms with Crippen LogP contribution in [0.4, 0.5) is 11.8 Å². The number of rotatable bonds is 6. The predicted octanol–water partition coefficient (Wildman–Crippen LogP) is 3.07. The Bertz CT molecular complexity index is 801. The average Bonchev–Trinajstić information content (AvgIpc) is 3.04. The molecule has 8 heteroatoms. The molecule has 3 heterocycles. The third-order valence-corrected chi connectivity index (χ3v) is 2.95. The minimum absolute atomic E-state index is 0.0707. The van der Waals surface area contributed by atoms with Crippen LogP contribution < -0.4 is 14.8 Å². The highest BCUT2D eigenvalue weighted by Gasteiger charge is 2.12. The minimum atomic E-state index is 0.0707. The van der Waals surface area contributed by atoms with Gasteiger partial charge >= 0.3 is 6.01 Å². The van der Waals surface area contributed by atoms with Gasteiger partial charge in [-0.2, -0.15) is 0 Å². The Kier molecular flexibility index (Phi) is 4.55. The van der Waals surface area contributed by atoms with Gasteiger partial charge in [-0.25, -0.2) is 4.98 Å². The molecule has 0 saturated carbocycles. The molecule has 0 saturated heterocycles. The smallest absolute Gasteiger partial charge is 0.321 e. The van der Waals surface area contributed by atoms with Crippen LogP contribution in [-0.4, -0.2) is 33.4 Å². The Balaban J connectivity index is 1.75. The lowest BCUT2D eigenvalue weighted by Crippen LogP contribution is -2.05. The maximum atomic E-state index is 5.63. The number of nitrogens with zero attached hydrogens (tertiary/aromatic N) is 4. The second-order valence-electron chi connectivity index (χ2n) is 5.16. The highest BCUT2D eigenvalue weighted by atomic mass is 16.5. The topological polar surface area (TPSA) is 95.2 Å². The minimum Gasteiger partial charge on any atom is -0.495 e. The second kappa shape index (κ2) is 6.95. The van der Waals surface area contributed by atoms with Crippen LogP contribution in [0.2, 0.25) is 0 Å². The van der Waals surface area contributed by atoms with E-state index in [1.165, 1.54) is 0 Å². The summed E-state index contributed by atoms with van der Waals surface area (Å²) in [4.78, 5) is 8.40. The van der Waals surface area contributed by atoms with Crippen molar-refractivity contribution < 1.29 is 13.9 Å². The average molecular weight is 327 g/mol. The molecule has 24 heavy (non-hydrogen) atoms. The Hall–Kier alpha value is -3.16. The maximum Gasteiger partial charge on any atom is 0.321 e. The first-order valence-corrected chi connectivity index (χ1v) is 7.37. The van der Waals surface area contributed by atoms with Crippen molar-refractivity contribution in [2.45, 2.75) is 20.0 Å². The summed E-state index contributed by atoms with van der Waals surface area (Å²) in [7, 11) is 1.58. The molecule has 3 aromatic rings. The summed E-state index contributed by atoms with van der Waals surface area (Å²) in [6.07, 6.45) is 3.30. The Morgan fingerprint density at radius 3 is 2.67 bits per heavy atom. The van der Waals surface area contributed by atoms with E-state index in [1.807, 2.05) is 13.8 Å². The molecule has 0 fully saturated rings. The summed E-state index contributed by atoms with van der Waals surface area (Å²) in [5, 5.41) is 10.9. The van der Waals surface area contributed by atoms with Crippen LogP contribution in [0.5, 0.6) is 11.5 Å². The van der Waals surface area contributed by atoms with E-state index in [0.29, 0.717) is 28.9 Å². The van der Waals surface area contributed by atoms with Gasteiger partial charge in [0, 0.05) is 12.3 Å². The van der Waals surface area contributed by atoms with Gasteiger partial charge in [0.15, 0.2) is 0 Å². The van der Waals surface area contributed by atoms with Crippen LogP contribution in [0.3, 0.4) is 0 Å². The monoisotopic (exact) mass is 327 g/mol. The number of anilines is 2. The number of methoxy groups -OCH3 is 1. The number of nitrogens with one attached hydrogen (secondary N) is 1. The van der Waals surface area contributed by atoms with E-state index in [9.17, 15) is 0 Å². The summed E-state index contributed by atoms with van der Waals surface area (Å²) >= 11 is 0. The van der Waals surface area contributed by atoms with Crippen molar-refractivity contribution in [1.29, 1.82) is 0 Å². The van der Waals surface area contributed by atoms with E-state index in [0.717, 1.165) is 0 Å². The molecule has 0 aliphatic rings. The highest BCUT2D eigenvalue weighted by Crippen LogP contribution is 2.23. The lowest BCUT2D eigenvalue weighted by atomic mass is 10.3. The summed E-state index contributed by atoms with van der Waals surface area (Å²) in [5.74, 6) is 2.22. The van der Waals surface area contributed by atoms with Gasteiger partial charge in [-0.1, -0.05) is 5.10 Å². The fourth-order valence-electron chi connectivity index (χ4n) is 1.94. The van der Waals surface area contributed by atoms with Gasteiger partial charge in [0.05, 0.1) is 19.4 Å². The Labute approximate surface area is 138 Å². The van der Waals surface area contributed by atoms with Crippen LogP contribution in [-0.2, 0) is 0 Å². The lowest BCUT2D eigenvalue weighted by molar-refractivity contribution is 0.242. The van der Waals surface area contributed by atoms with Crippen molar-refractivity contribution >= 4 is 11.8 Å². The van der Waals surface area contributed by atoms with E-state index < -0.39 is 0 Å². The quantitative estimate of drug-likeness (QED) is 0.738. The maximum absolute atomic E-state index is 5.63.